The Morgan fingerprint density at radius 2 is 1.95 bits per heavy atom. The number of carbonyl (C=O) groups excluding carboxylic acids is 1. The molecule has 1 rings (SSSR count). The Labute approximate surface area is 121 Å². The van der Waals surface area contributed by atoms with Crippen molar-refractivity contribution >= 4 is 17.5 Å². The van der Waals surface area contributed by atoms with Gasteiger partial charge in [-0.15, -0.1) is 11.6 Å². The molecule has 0 aliphatic heterocycles. The van der Waals surface area contributed by atoms with Crippen LogP contribution in [0.5, 0.6) is 0 Å². The highest BCUT2D eigenvalue weighted by Gasteiger charge is 2.25. The number of hydrogen-bond donors (Lipinski definition) is 1. The van der Waals surface area contributed by atoms with Crippen molar-refractivity contribution in [1.29, 1.82) is 0 Å². The average molecular weight is 282 g/mol. The summed E-state index contributed by atoms with van der Waals surface area (Å²) in [6.45, 7) is 4.97. The lowest BCUT2D eigenvalue weighted by Crippen LogP contribution is -2.33. The van der Waals surface area contributed by atoms with Crippen molar-refractivity contribution in [3.05, 3.63) is 35.9 Å². The smallest absolute Gasteiger partial charge is 0.227 e. The van der Waals surface area contributed by atoms with Gasteiger partial charge in [-0.05, 0) is 24.3 Å². The Hall–Kier alpha value is -1.02. The zero-order chi connectivity index (χ0) is 14.1. The molecule has 1 amide bonds. The minimum atomic E-state index is -0.0535. The quantitative estimate of drug-likeness (QED) is 0.567. The number of amides is 1. The van der Waals surface area contributed by atoms with Crippen molar-refractivity contribution in [2.75, 3.05) is 12.4 Å². The van der Waals surface area contributed by atoms with Crippen LogP contribution < -0.4 is 5.32 Å². The molecule has 1 N–H and O–H groups in total. The fourth-order valence-corrected chi connectivity index (χ4v) is 2.36. The van der Waals surface area contributed by atoms with Crippen LogP contribution in [0, 0.1) is 5.92 Å². The van der Waals surface area contributed by atoms with Crippen molar-refractivity contribution in [3.8, 4) is 0 Å². The molecular weight excluding hydrogens is 258 g/mol. The highest BCUT2D eigenvalue weighted by atomic mass is 35.5. The number of benzene rings is 1. The molecular formula is C16H24ClNO. The molecule has 0 spiro atoms. The second-order valence-corrected chi connectivity index (χ2v) is 5.34. The largest absolute Gasteiger partial charge is 0.356 e. The van der Waals surface area contributed by atoms with E-state index >= 15 is 0 Å². The zero-order valence-corrected chi connectivity index (χ0v) is 12.6. The van der Waals surface area contributed by atoms with E-state index in [1.807, 2.05) is 30.3 Å². The van der Waals surface area contributed by atoms with Crippen LogP contribution in [0.4, 0.5) is 0 Å². The molecule has 0 saturated carbocycles. The first kappa shape index (κ1) is 16.0. The van der Waals surface area contributed by atoms with Gasteiger partial charge in [-0.25, -0.2) is 0 Å². The summed E-state index contributed by atoms with van der Waals surface area (Å²) in [6, 6.07) is 10.0. The standard InChI is InChI=1S/C16H24ClNO/c1-3-13(2)15(14-9-5-4-6-10-14)16(19)18-12-8-7-11-17/h4-6,9-10,13,15H,3,7-8,11-12H2,1-2H3,(H,18,19). The third-order valence-corrected chi connectivity index (χ3v) is 3.78. The molecule has 0 fully saturated rings. The number of alkyl halides is 1. The van der Waals surface area contributed by atoms with Gasteiger partial charge in [0.25, 0.3) is 0 Å². The van der Waals surface area contributed by atoms with Gasteiger partial charge in [0.2, 0.25) is 5.91 Å². The highest BCUT2D eigenvalue weighted by molar-refractivity contribution is 6.17. The van der Waals surface area contributed by atoms with Gasteiger partial charge < -0.3 is 5.32 Å². The molecule has 2 atom stereocenters. The maximum atomic E-state index is 12.4. The summed E-state index contributed by atoms with van der Waals surface area (Å²) in [5, 5.41) is 3.03. The third kappa shape index (κ3) is 5.23. The Bertz CT molecular complexity index is 366. The molecule has 1 aromatic carbocycles. The van der Waals surface area contributed by atoms with Gasteiger partial charge in [-0.3, -0.25) is 4.79 Å². The SMILES string of the molecule is CCC(C)C(C(=O)NCCCCCl)c1ccccc1. The van der Waals surface area contributed by atoms with E-state index < -0.39 is 0 Å². The fourth-order valence-electron chi connectivity index (χ4n) is 2.18. The third-order valence-electron chi connectivity index (χ3n) is 3.51. The van der Waals surface area contributed by atoms with Gasteiger partial charge in [0, 0.05) is 12.4 Å². The summed E-state index contributed by atoms with van der Waals surface area (Å²) in [5.74, 6) is 1.08. The molecule has 2 unspecified atom stereocenters. The minimum Gasteiger partial charge on any atom is -0.356 e. The first-order valence-corrected chi connectivity index (χ1v) is 7.62. The maximum Gasteiger partial charge on any atom is 0.227 e. The average Bonchev–Trinajstić information content (AvgIpc) is 2.45. The van der Waals surface area contributed by atoms with Crippen LogP contribution in [0.15, 0.2) is 30.3 Å². The summed E-state index contributed by atoms with van der Waals surface area (Å²) in [4.78, 5) is 12.4. The molecule has 0 aliphatic carbocycles. The van der Waals surface area contributed by atoms with E-state index in [2.05, 4.69) is 19.2 Å². The van der Waals surface area contributed by atoms with Crippen molar-refractivity contribution in [2.24, 2.45) is 5.92 Å². The summed E-state index contributed by atoms with van der Waals surface area (Å²) < 4.78 is 0. The number of rotatable bonds is 8. The fraction of sp³-hybridized carbons (Fsp3) is 0.562. The maximum absolute atomic E-state index is 12.4. The molecule has 0 aliphatic rings. The van der Waals surface area contributed by atoms with Gasteiger partial charge in [0.15, 0.2) is 0 Å². The molecule has 0 aromatic heterocycles. The number of hydrogen-bond acceptors (Lipinski definition) is 1. The monoisotopic (exact) mass is 281 g/mol. The van der Waals surface area contributed by atoms with Crippen LogP contribution >= 0.6 is 11.6 Å². The molecule has 106 valence electrons. The van der Waals surface area contributed by atoms with E-state index in [-0.39, 0.29) is 11.8 Å². The van der Waals surface area contributed by atoms with E-state index in [4.69, 9.17) is 11.6 Å². The first-order chi connectivity index (χ1) is 9.20. The Morgan fingerprint density at radius 3 is 2.53 bits per heavy atom. The number of halogens is 1. The molecule has 0 saturated heterocycles. The van der Waals surface area contributed by atoms with Gasteiger partial charge in [0.1, 0.15) is 0 Å². The van der Waals surface area contributed by atoms with E-state index in [1.165, 1.54) is 0 Å². The summed E-state index contributed by atoms with van der Waals surface area (Å²) in [6.07, 6.45) is 2.88. The van der Waals surface area contributed by atoms with E-state index in [9.17, 15) is 4.79 Å². The van der Waals surface area contributed by atoms with E-state index in [0.29, 0.717) is 18.3 Å². The van der Waals surface area contributed by atoms with Crippen molar-refractivity contribution < 1.29 is 4.79 Å². The molecule has 0 heterocycles. The predicted molar refractivity (Wildman–Crippen MR) is 81.6 cm³/mol. The first-order valence-electron chi connectivity index (χ1n) is 7.09. The molecule has 0 bridgehead atoms. The topological polar surface area (TPSA) is 29.1 Å². The second-order valence-electron chi connectivity index (χ2n) is 4.96. The van der Waals surface area contributed by atoms with Crippen LogP contribution in [0.3, 0.4) is 0 Å². The minimum absolute atomic E-state index is 0.0535. The van der Waals surface area contributed by atoms with Gasteiger partial charge in [-0.2, -0.15) is 0 Å². The second kappa shape index (κ2) is 8.98. The Morgan fingerprint density at radius 1 is 1.26 bits per heavy atom. The van der Waals surface area contributed by atoms with Crippen LogP contribution in [0.1, 0.15) is 44.6 Å². The van der Waals surface area contributed by atoms with E-state index in [1.54, 1.807) is 0 Å². The van der Waals surface area contributed by atoms with E-state index in [0.717, 1.165) is 24.8 Å². The number of nitrogens with one attached hydrogen (secondary N) is 1. The normalized spacial score (nSPS) is 13.8. The Balaban J connectivity index is 2.67. The summed E-state index contributed by atoms with van der Waals surface area (Å²) >= 11 is 5.64. The van der Waals surface area contributed by atoms with Gasteiger partial charge in [-0.1, -0.05) is 50.6 Å². The number of carbonyl (C=O) groups is 1. The van der Waals surface area contributed by atoms with Crippen molar-refractivity contribution in [1.82, 2.24) is 5.32 Å². The number of unbranched alkanes of at least 4 members (excludes halogenated alkanes) is 1. The van der Waals surface area contributed by atoms with Crippen LogP contribution in [0.2, 0.25) is 0 Å². The lowest BCUT2D eigenvalue weighted by Gasteiger charge is -2.22. The van der Waals surface area contributed by atoms with Crippen molar-refractivity contribution in [3.63, 3.8) is 0 Å². The predicted octanol–water partition coefficient (Wildman–Crippen LogP) is 3.95. The van der Waals surface area contributed by atoms with Crippen LogP contribution in [-0.4, -0.2) is 18.3 Å². The lowest BCUT2D eigenvalue weighted by atomic mass is 9.85. The molecule has 1 aromatic rings. The Kier molecular flexibility index (Phi) is 7.57. The molecule has 0 radical (unpaired) electrons. The highest BCUT2D eigenvalue weighted by Crippen LogP contribution is 2.27. The van der Waals surface area contributed by atoms with Crippen molar-refractivity contribution in [2.45, 2.75) is 39.0 Å². The lowest BCUT2D eigenvalue weighted by molar-refractivity contribution is -0.123. The molecule has 3 heteroatoms. The zero-order valence-electron chi connectivity index (χ0n) is 11.9. The molecule has 19 heavy (non-hydrogen) atoms. The molecule has 2 nitrogen and oxygen atoms in total. The van der Waals surface area contributed by atoms with Gasteiger partial charge in [0.05, 0.1) is 5.92 Å². The van der Waals surface area contributed by atoms with Crippen LogP contribution in [0.25, 0.3) is 0 Å². The summed E-state index contributed by atoms with van der Waals surface area (Å²) in [5.41, 5.74) is 1.10. The summed E-state index contributed by atoms with van der Waals surface area (Å²) in [7, 11) is 0. The van der Waals surface area contributed by atoms with Crippen LogP contribution in [-0.2, 0) is 4.79 Å². The van der Waals surface area contributed by atoms with Gasteiger partial charge >= 0.3 is 0 Å².